The van der Waals surface area contributed by atoms with Crippen LogP contribution < -0.4 is 10.6 Å². The Balaban J connectivity index is 1.94. The van der Waals surface area contributed by atoms with Crippen LogP contribution in [-0.2, 0) is 13.0 Å². The lowest BCUT2D eigenvalue weighted by molar-refractivity contribution is 0.627. The fraction of sp³-hybridized carbons (Fsp3) is 0.188. The number of hydrogen-bond acceptors (Lipinski definition) is 1. The van der Waals surface area contributed by atoms with Gasteiger partial charge in [-0.3, -0.25) is 0 Å². The van der Waals surface area contributed by atoms with Gasteiger partial charge in [-0.05, 0) is 60.1 Å². The third-order valence-electron chi connectivity index (χ3n) is 3.06. The summed E-state index contributed by atoms with van der Waals surface area (Å²) < 4.78 is 13.9. The number of nitrogens with one attached hydrogen (secondary N) is 2. The summed E-state index contributed by atoms with van der Waals surface area (Å²) in [4.78, 5) is 0. The van der Waals surface area contributed by atoms with Gasteiger partial charge < -0.3 is 10.6 Å². The largest absolute Gasteiger partial charge is 0.358 e. The van der Waals surface area contributed by atoms with Gasteiger partial charge in [-0.15, -0.1) is 0 Å². The molecule has 0 saturated carbocycles. The van der Waals surface area contributed by atoms with Crippen molar-refractivity contribution in [1.29, 1.82) is 0 Å². The Morgan fingerprint density at radius 1 is 1.19 bits per heavy atom. The molecule has 21 heavy (non-hydrogen) atoms. The summed E-state index contributed by atoms with van der Waals surface area (Å²) in [5.74, 6) is -0.234. The fourth-order valence-corrected chi connectivity index (χ4v) is 2.52. The summed E-state index contributed by atoms with van der Waals surface area (Å²) in [7, 11) is 0. The van der Waals surface area contributed by atoms with Gasteiger partial charge in [0, 0.05) is 16.7 Å². The number of aryl methyl sites for hydroxylation is 1. The lowest BCUT2D eigenvalue weighted by Crippen LogP contribution is -2.28. The highest BCUT2D eigenvalue weighted by Gasteiger charge is 2.04. The molecule has 0 aliphatic heterocycles. The van der Waals surface area contributed by atoms with Gasteiger partial charge >= 0.3 is 0 Å². The maximum absolute atomic E-state index is 12.8. The van der Waals surface area contributed by atoms with E-state index in [1.165, 1.54) is 17.7 Å². The maximum atomic E-state index is 12.8. The van der Waals surface area contributed by atoms with E-state index in [9.17, 15) is 4.39 Å². The lowest BCUT2D eigenvalue weighted by Gasteiger charge is -2.14. The molecule has 0 bridgehead atoms. The Morgan fingerprint density at radius 2 is 1.90 bits per heavy atom. The summed E-state index contributed by atoms with van der Waals surface area (Å²) in [6, 6.07) is 12.4. The minimum absolute atomic E-state index is 0.234. The Kier molecular flexibility index (Phi) is 5.70. The average Bonchev–Trinajstić information content (AvgIpc) is 2.48. The Hall–Kier alpha value is -1.46. The Labute approximate surface area is 137 Å². The van der Waals surface area contributed by atoms with Crippen LogP contribution in [0.25, 0.3) is 0 Å². The van der Waals surface area contributed by atoms with Crippen LogP contribution in [0.15, 0.2) is 46.9 Å². The minimum atomic E-state index is -0.234. The van der Waals surface area contributed by atoms with Gasteiger partial charge in [0.1, 0.15) is 5.82 Å². The molecule has 0 radical (unpaired) electrons. The molecule has 2 aromatic rings. The van der Waals surface area contributed by atoms with Crippen LogP contribution in [0.4, 0.5) is 10.1 Å². The molecule has 0 atom stereocenters. The molecule has 2 nitrogen and oxygen atoms in total. The van der Waals surface area contributed by atoms with Crippen LogP contribution in [0.3, 0.4) is 0 Å². The molecule has 5 heteroatoms. The number of halogens is 2. The zero-order chi connectivity index (χ0) is 15.2. The molecule has 2 aromatic carbocycles. The van der Waals surface area contributed by atoms with Gasteiger partial charge in [-0.2, -0.15) is 0 Å². The highest BCUT2D eigenvalue weighted by Crippen LogP contribution is 2.21. The van der Waals surface area contributed by atoms with E-state index in [1.807, 2.05) is 12.1 Å². The monoisotopic (exact) mass is 366 g/mol. The fourth-order valence-electron chi connectivity index (χ4n) is 1.93. The average molecular weight is 367 g/mol. The highest BCUT2D eigenvalue weighted by molar-refractivity contribution is 9.10. The smallest absolute Gasteiger partial charge is 0.171 e. The van der Waals surface area contributed by atoms with E-state index in [1.54, 1.807) is 12.1 Å². The van der Waals surface area contributed by atoms with Gasteiger partial charge in [0.15, 0.2) is 5.11 Å². The predicted molar refractivity (Wildman–Crippen MR) is 93.0 cm³/mol. The van der Waals surface area contributed by atoms with Crippen LogP contribution in [0.1, 0.15) is 18.1 Å². The maximum Gasteiger partial charge on any atom is 0.171 e. The molecular weight excluding hydrogens is 351 g/mol. The molecule has 0 heterocycles. The summed E-state index contributed by atoms with van der Waals surface area (Å²) in [6.45, 7) is 2.66. The second kappa shape index (κ2) is 7.52. The van der Waals surface area contributed by atoms with Crippen LogP contribution in [0, 0.1) is 5.82 Å². The molecule has 0 saturated heterocycles. The molecule has 110 valence electrons. The van der Waals surface area contributed by atoms with Crippen molar-refractivity contribution in [3.8, 4) is 0 Å². The van der Waals surface area contributed by atoms with E-state index in [0.29, 0.717) is 11.7 Å². The van der Waals surface area contributed by atoms with Crippen LogP contribution in [-0.4, -0.2) is 5.11 Å². The SMILES string of the molecule is CCc1cc(Br)ccc1NC(=S)NCc1ccc(F)cc1. The zero-order valence-corrected chi connectivity index (χ0v) is 14.0. The minimum Gasteiger partial charge on any atom is -0.358 e. The van der Waals surface area contributed by atoms with E-state index in [4.69, 9.17) is 12.2 Å². The number of benzene rings is 2. The number of anilines is 1. The Bertz CT molecular complexity index is 629. The van der Waals surface area contributed by atoms with E-state index < -0.39 is 0 Å². The first-order valence-corrected chi connectivity index (χ1v) is 7.86. The van der Waals surface area contributed by atoms with Gasteiger partial charge in [0.2, 0.25) is 0 Å². The standard InChI is InChI=1S/C16H16BrFN2S/c1-2-12-9-13(17)5-8-15(12)20-16(21)19-10-11-3-6-14(18)7-4-11/h3-9H,2,10H2,1H3,(H2,19,20,21). The normalized spacial score (nSPS) is 10.2. The third kappa shape index (κ3) is 4.79. The highest BCUT2D eigenvalue weighted by atomic mass is 79.9. The van der Waals surface area contributed by atoms with Crippen molar-refractivity contribution in [3.05, 3.63) is 63.9 Å². The molecule has 0 spiro atoms. The second-order valence-electron chi connectivity index (χ2n) is 4.59. The molecule has 2 rings (SSSR count). The van der Waals surface area contributed by atoms with E-state index in [-0.39, 0.29) is 5.82 Å². The first kappa shape index (κ1) is 15.9. The number of hydrogen-bond donors (Lipinski definition) is 2. The molecule has 0 aromatic heterocycles. The van der Waals surface area contributed by atoms with Crippen molar-refractivity contribution in [2.45, 2.75) is 19.9 Å². The summed E-state index contributed by atoms with van der Waals surface area (Å²) in [5, 5.41) is 6.87. The van der Waals surface area contributed by atoms with E-state index >= 15 is 0 Å². The van der Waals surface area contributed by atoms with Crippen molar-refractivity contribution < 1.29 is 4.39 Å². The van der Waals surface area contributed by atoms with Gasteiger partial charge in [-0.25, -0.2) is 4.39 Å². The van der Waals surface area contributed by atoms with Crippen LogP contribution >= 0.6 is 28.1 Å². The first-order chi connectivity index (χ1) is 10.1. The Morgan fingerprint density at radius 3 is 2.57 bits per heavy atom. The lowest BCUT2D eigenvalue weighted by atomic mass is 10.1. The quantitative estimate of drug-likeness (QED) is 0.770. The third-order valence-corrected chi connectivity index (χ3v) is 3.80. The van der Waals surface area contributed by atoms with E-state index in [0.717, 1.165) is 22.1 Å². The summed E-state index contributed by atoms with van der Waals surface area (Å²) >= 11 is 8.76. The molecule has 0 amide bonds. The number of rotatable bonds is 4. The molecular formula is C16H16BrFN2S. The molecule has 0 aliphatic rings. The van der Waals surface area contributed by atoms with Gasteiger partial charge in [0.25, 0.3) is 0 Å². The predicted octanol–water partition coefficient (Wildman–Crippen LogP) is 4.64. The van der Waals surface area contributed by atoms with Crippen molar-refractivity contribution in [1.82, 2.24) is 5.32 Å². The molecule has 0 aliphatic carbocycles. The van der Waals surface area contributed by atoms with Gasteiger partial charge in [0.05, 0.1) is 0 Å². The second-order valence-corrected chi connectivity index (χ2v) is 5.91. The summed E-state index contributed by atoms with van der Waals surface area (Å²) in [5.41, 5.74) is 3.17. The van der Waals surface area contributed by atoms with Crippen molar-refractivity contribution >= 4 is 38.9 Å². The topological polar surface area (TPSA) is 24.1 Å². The van der Waals surface area contributed by atoms with Gasteiger partial charge in [-0.1, -0.05) is 35.0 Å². The summed E-state index contributed by atoms with van der Waals surface area (Å²) in [6.07, 6.45) is 0.919. The van der Waals surface area contributed by atoms with Crippen molar-refractivity contribution in [3.63, 3.8) is 0 Å². The van der Waals surface area contributed by atoms with E-state index in [2.05, 4.69) is 39.6 Å². The van der Waals surface area contributed by atoms with Crippen LogP contribution in [0.2, 0.25) is 0 Å². The zero-order valence-electron chi connectivity index (χ0n) is 11.6. The number of thiocarbonyl (C=S) groups is 1. The van der Waals surface area contributed by atoms with Crippen molar-refractivity contribution in [2.24, 2.45) is 0 Å². The van der Waals surface area contributed by atoms with Crippen LogP contribution in [0.5, 0.6) is 0 Å². The first-order valence-electron chi connectivity index (χ1n) is 6.66. The molecule has 2 N–H and O–H groups in total. The van der Waals surface area contributed by atoms with Crippen molar-refractivity contribution in [2.75, 3.05) is 5.32 Å². The molecule has 0 unspecified atom stereocenters. The molecule has 0 fully saturated rings.